The highest BCUT2D eigenvalue weighted by molar-refractivity contribution is 7.99. The number of rotatable bonds is 4. The number of fused-ring (bicyclic) bond motifs is 2. The molecule has 3 aromatic rings. The zero-order valence-electron chi connectivity index (χ0n) is 13.5. The van der Waals surface area contributed by atoms with E-state index >= 15 is 0 Å². The van der Waals surface area contributed by atoms with Gasteiger partial charge in [0.05, 0.1) is 5.69 Å². The minimum atomic E-state index is -0.739. The molecule has 0 radical (unpaired) electrons. The number of aliphatic hydroxyl groups is 1. The minimum absolute atomic E-state index is 0.353. The maximum absolute atomic E-state index is 10.7. The molecule has 0 fully saturated rings. The molecule has 25 heavy (non-hydrogen) atoms. The topological polar surface area (TPSA) is 71.4 Å². The van der Waals surface area contributed by atoms with Crippen molar-refractivity contribution in [2.45, 2.75) is 16.0 Å². The molecule has 3 heterocycles. The Kier molecular flexibility index (Phi) is 4.35. The number of nitrogens with zero attached hydrogens (tertiary/aromatic N) is 4. The molecule has 0 aliphatic carbocycles. The molecule has 0 bridgehead atoms. The van der Waals surface area contributed by atoms with E-state index in [1.807, 2.05) is 35.2 Å². The Hall–Kier alpha value is -2.48. The molecule has 0 saturated heterocycles. The summed E-state index contributed by atoms with van der Waals surface area (Å²) in [4.78, 5) is 15.9. The lowest BCUT2D eigenvalue weighted by atomic mass is 10.0. The van der Waals surface area contributed by atoms with E-state index in [4.69, 9.17) is 4.74 Å². The van der Waals surface area contributed by atoms with E-state index in [0.29, 0.717) is 6.73 Å². The van der Waals surface area contributed by atoms with Crippen molar-refractivity contribution in [3.63, 3.8) is 0 Å². The monoisotopic (exact) mass is 352 g/mol. The van der Waals surface area contributed by atoms with E-state index in [0.717, 1.165) is 32.6 Å². The molecule has 0 amide bonds. The van der Waals surface area contributed by atoms with Crippen LogP contribution in [0, 0.1) is 0 Å². The molecule has 1 unspecified atom stereocenters. The summed E-state index contributed by atoms with van der Waals surface area (Å²) in [5.41, 5.74) is 2.49. The van der Waals surface area contributed by atoms with Crippen LogP contribution in [0.15, 0.2) is 65.0 Å². The van der Waals surface area contributed by atoms with E-state index in [2.05, 4.69) is 15.0 Å². The molecule has 6 nitrogen and oxygen atoms in total. The summed E-state index contributed by atoms with van der Waals surface area (Å²) in [5, 5.41) is 11.5. The van der Waals surface area contributed by atoms with E-state index < -0.39 is 6.10 Å². The fraction of sp³-hybridized carbons (Fsp3) is 0.167. The van der Waals surface area contributed by atoms with Gasteiger partial charge in [0.25, 0.3) is 0 Å². The van der Waals surface area contributed by atoms with E-state index in [1.54, 1.807) is 43.7 Å². The number of benzene rings is 1. The standard InChI is InChI=1S/C18H16N4O2S/c1-24-11-22-14-9-12(16(23)13-3-2-6-19-10-13)4-5-15(14)25-18-17(22)20-7-8-21-18/h2-10,16,23H,11H2,1H3. The van der Waals surface area contributed by atoms with Gasteiger partial charge in [-0.25, -0.2) is 9.97 Å². The molecule has 1 aliphatic heterocycles. The zero-order valence-corrected chi connectivity index (χ0v) is 14.3. The third-order valence-corrected chi connectivity index (χ3v) is 5.00. The van der Waals surface area contributed by atoms with Crippen molar-refractivity contribution in [2.75, 3.05) is 18.7 Å². The Morgan fingerprint density at radius 1 is 1.16 bits per heavy atom. The molecule has 1 atom stereocenters. The second-order valence-corrected chi connectivity index (χ2v) is 6.58. The van der Waals surface area contributed by atoms with Crippen molar-refractivity contribution in [3.05, 3.63) is 66.2 Å². The Balaban J connectivity index is 1.76. The number of aromatic nitrogens is 3. The lowest BCUT2D eigenvalue weighted by Crippen LogP contribution is -2.24. The van der Waals surface area contributed by atoms with Crippen LogP contribution in [-0.4, -0.2) is 33.9 Å². The number of hydrogen-bond acceptors (Lipinski definition) is 7. The fourth-order valence-corrected chi connectivity index (χ4v) is 3.77. The maximum Gasteiger partial charge on any atom is 0.168 e. The Bertz CT molecular complexity index is 891. The number of aliphatic hydroxyl groups excluding tert-OH is 1. The summed E-state index contributed by atoms with van der Waals surface area (Å²) < 4.78 is 5.36. The largest absolute Gasteiger partial charge is 0.384 e. The maximum atomic E-state index is 10.7. The van der Waals surface area contributed by atoms with E-state index in [1.165, 1.54) is 0 Å². The first-order valence-corrected chi connectivity index (χ1v) is 8.57. The first-order valence-electron chi connectivity index (χ1n) is 7.75. The number of pyridine rings is 1. The van der Waals surface area contributed by atoms with E-state index in [-0.39, 0.29) is 0 Å². The summed E-state index contributed by atoms with van der Waals surface area (Å²) in [7, 11) is 1.64. The molecule has 1 aliphatic rings. The Morgan fingerprint density at radius 3 is 2.84 bits per heavy atom. The van der Waals surface area contributed by atoms with Gasteiger partial charge < -0.3 is 9.84 Å². The number of anilines is 2. The van der Waals surface area contributed by atoms with Crippen molar-refractivity contribution in [1.82, 2.24) is 15.0 Å². The predicted octanol–water partition coefficient (Wildman–Crippen LogP) is 3.16. The van der Waals surface area contributed by atoms with Crippen LogP contribution < -0.4 is 4.90 Å². The van der Waals surface area contributed by atoms with Crippen LogP contribution >= 0.6 is 11.8 Å². The summed E-state index contributed by atoms with van der Waals surface area (Å²) in [6.45, 7) is 0.353. The average molecular weight is 352 g/mol. The van der Waals surface area contributed by atoms with Gasteiger partial charge in [-0.1, -0.05) is 23.9 Å². The fourth-order valence-electron chi connectivity index (χ4n) is 2.78. The van der Waals surface area contributed by atoms with Crippen molar-refractivity contribution in [3.8, 4) is 0 Å². The summed E-state index contributed by atoms with van der Waals surface area (Å²) in [5.74, 6) is 0.759. The smallest absolute Gasteiger partial charge is 0.168 e. The van der Waals surface area contributed by atoms with Crippen molar-refractivity contribution in [2.24, 2.45) is 0 Å². The van der Waals surface area contributed by atoms with Gasteiger partial charge in [0.2, 0.25) is 0 Å². The molecule has 7 heteroatoms. The summed E-state index contributed by atoms with van der Waals surface area (Å²) in [6, 6.07) is 9.57. The molecule has 0 saturated carbocycles. The lowest BCUT2D eigenvalue weighted by molar-refractivity contribution is 0.204. The highest BCUT2D eigenvalue weighted by atomic mass is 32.2. The third kappa shape index (κ3) is 2.97. The van der Waals surface area contributed by atoms with Crippen LogP contribution in [0.3, 0.4) is 0 Å². The molecular formula is C18H16N4O2S. The van der Waals surface area contributed by atoms with Gasteiger partial charge in [-0.3, -0.25) is 9.88 Å². The minimum Gasteiger partial charge on any atom is -0.384 e. The summed E-state index contributed by atoms with van der Waals surface area (Å²) >= 11 is 1.56. The van der Waals surface area contributed by atoms with E-state index in [9.17, 15) is 5.11 Å². The zero-order chi connectivity index (χ0) is 17.2. The van der Waals surface area contributed by atoms with Crippen LogP contribution in [-0.2, 0) is 4.74 Å². The second kappa shape index (κ2) is 6.79. The first-order chi connectivity index (χ1) is 12.3. The molecule has 2 aromatic heterocycles. The van der Waals surface area contributed by atoms with Crippen molar-refractivity contribution < 1.29 is 9.84 Å². The SMILES string of the molecule is COCN1c2cc(C(O)c3cccnc3)ccc2Sc2nccnc21. The number of hydrogen-bond donors (Lipinski definition) is 1. The van der Waals surface area contributed by atoms with Crippen LogP contribution in [0.2, 0.25) is 0 Å². The number of methoxy groups -OCH3 is 1. The molecule has 0 spiro atoms. The van der Waals surface area contributed by atoms with Gasteiger partial charge >= 0.3 is 0 Å². The molecule has 1 N–H and O–H groups in total. The van der Waals surface area contributed by atoms with Gasteiger partial charge in [0.15, 0.2) is 5.82 Å². The van der Waals surface area contributed by atoms with Gasteiger partial charge in [-0.15, -0.1) is 0 Å². The Labute approximate surface area is 149 Å². The van der Waals surface area contributed by atoms with Gasteiger partial charge in [-0.2, -0.15) is 0 Å². The van der Waals surface area contributed by atoms with Crippen LogP contribution in [0.4, 0.5) is 11.5 Å². The van der Waals surface area contributed by atoms with Gasteiger partial charge in [0.1, 0.15) is 17.9 Å². The first kappa shape index (κ1) is 16.0. The quantitative estimate of drug-likeness (QED) is 0.773. The molecule has 1 aromatic carbocycles. The molecule has 126 valence electrons. The van der Waals surface area contributed by atoms with Crippen LogP contribution in [0.1, 0.15) is 17.2 Å². The molecule has 4 rings (SSSR count). The average Bonchev–Trinajstić information content (AvgIpc) is 2.68. The van der Waals surface area contributed by atoms with Gasteiger partial charge in [0, 0.05) is 42.4 Å². The van der Waals surface area contributed by atoms with Gasteiger partial charge in [-0.05, 0) is 23.8 Å². The van der Waals surface area contributed by atoms with Crippen molar-refractivity contribution in [1.29, 1.82) is 0 Å². The number of ether oxygens (including phenoxy) is 1. The van der Waals surface area contributed by atoms with Crippen molar-refractivity contribution >= 4 is 23.3 Å². The van der Waals surface area contributed by atoms with Crippen LogP contribution in [0.5, 0.6) is 0 Å². The molecular weight excluding hydrogens is 336 g/mol. The Morgan fingerprint density at radius 2 is 2.04 bits per heavy atom. The highest BCUT2D eigenvalue weighted by Gasteiger charge is 2.26. The summed E-state index contributed by atoms with van der Waals surface area (Å²) in [6.07, 6.45) is 5.97. The third-order valence-electron chi connectivity index (χ3n) is 3.96. The highest BCUT2D eigenvalue weighted by Crippen LogP contribution is 2.46. The predicted molar refractivity (Wildman–Crippen MR) is 94.9 cm³/mol. The normalized spacial score (nSPS) is 13.9. The van der Waals surface area contributed by atoms with Crippen LogP contribution in [0.25, 0.3) is 0 Å². The lowest BCUT2D eigenvalue weighted by Gasteiger charge is -2.30. The second-order valence-electron chi connectivity index (χ2n) is 5.55.